The van der Waals surface area contributed by atoms with Crippen molar-refractivity contribution in [1.29, 1.82) is 0 Å². The van der Waals surface area contributed by atoms with Crippen molar-refractivity contribution >= 4 is 15.9 Å². The Hall–Kier alpha value is -0.420. The lowest BCUT2D eigenvalue weighted by molar-refractivity contribution is 0.0240. The molecule has 0 saturated carbocycles. The van der Waals surface area contributed by atoms with E-state index in [4.69, 9.17) is 14.2 Å². The molecule has 114 valence electrons. The molecule has 0 aliphatic carbocycles. The first-order valence-electron chi connectivity index (χ1n) is 7.22. The van der Waals surface area contributed by atoms with E-state index in [0.717, 1.165) is 23.9 Å². The van der Waals surface area contributed by atoms with Gasteiger partial charge in [0.05, 0.1) is 26.4 Å². The lowest BCUT2D eigenvalue weighted by Gasteiger charge is -2.06. The molecule has 3 nitrogen and oxygen atoms in total. The van der Waals surface area contributed by atoms with Crippen LogP contribution in [0.4, 0.5) is 0 Å². The summed E-state index contributed by atoms with van der Waals surface area (Å²) < 4.78 is 16.9. The Balaban J connectivity index is 1.84. The highest BCUT2D eigenvalue weighted by atomic mass is 79.9. The molecule has 1 rings (SSSR count). The van der Waals surface area contributed by atoms with Gasteiger partial charge in [-0.15, -0.1) is 0 Å². The van der Waals surface area contributed by atoms with Crippen molar-refractivity contribution in [2.24, 2.45) is 0 Å². The minimum atomic E-state index is 0.646. The van der Waals surface area contributed by atoms with E-state index in [0.29, 0.717) is 26.4 Å². The molecule has 20 heavy (non-hydrogen) atoms. The molecule has 0 fully saturated rings. The molecule has 0 saturated heterocycles. The number of aryl methyl sites for hydroxylation is 1. The monoisotopic (exact) mass is 344 g/mol. The topological polar surface area (TPSA) is 27.7 Å². The second-order valence-electron chi connectivity index (χ2n) is 4.65. The molecule has 4 heteroatoms. The minimum Gasteiger partial charge on any atom is -0.382 e. The van der Waals surface area contributed by atoms with Crippen LogP contribution in [0.25, 0.3) is 0 Å². The Kier molecular flexibility index (Phi) is 10.9. The van der Waals surface area contributed by atoms with Crippen LogP contribution in [0.1, 0.15) is 24.8 Å². The fourth-order valence-electron chi connectivity index (χ4n) is 1.83. The summed E-state index contributed by atoms with van der Waals surface area (Å²) in [7, 11) is 1.67. The highest BCUT2D eigenvalue weighted by molar-refractivity contribution is 9.10. The standard InChI is InChI=1S/C16H25BrO3/c1-18-11-12-20-14-13-19-10-4-2-3-5-15-6-8-16(17)9-7-15/h6-9H,2-5,10-14H2,1H3. The zero-order valence-corrected chi connectivity index (χ0v) is 13.9. The summed E-state index contributed by atoms with van der Waals surface area (Å²) in [5, 5.41) is 0. The zero-order valence-electron chi connectivity index (χ0n) is 12.3. The molecular formula is C16H25BrO3. The van der Waals surface area contributed by atoms with Crippen LogP contribution in [0.15, 0.2) is 28.7 Å². The van der Waals surface area contributed by atoms with Crippen molar-refractivity contribution < 1.29 is 14.2 Å². The number of hydrogen-bond donors (Lipinski definition) is 0. The number of rotatable bonds is 12. The smallest absolute Gasteiger partial charge is 0.0701 e. The zero-order chi connectivity index (χ0) is 14.5. The van der Waals surface area contributed by atoms with Crippen LogP contribution in [0.2, 0.25) is 0 Å². The molecule has 0 bridgehead atoms. The highest BCUT2D eigenvalue weighted by Crippen LogP contribution is 2.12. The molecule has 0 N–H and O–H groups in total. The van der Waals surface area contributed by atoms with E-state index >= 15 is 0 Å². The number of unbranched alkanes of at least 4 members (excludes halogenated alkanes) is 2. The number of hydrogen-bond acceptors (Lipinski definition) is 3. The molecule has 0 spiro atoms. The number of halogens is 1. The van der Waals surface area contributed by atoms with Gasteiger partial charge >= 0.3 is 0 Å². The van der Waals surface area contributed by atoms with Crippen LogP contribution in [-0.2, 0) is 20.6 Å². The van der Waals surface area contributed by atoms with Crippen LogP contribution >= 0.6 is 15.9 Å². The Morgan fingerprint density at radius 2 is 1.45 bits per heavy atom. The van der Waals surface area contributed by atoms with E-state index in [9.17, 15) is 0 Å². The summed E-state index contributed by atoms with van der Waals surface area (Å²) in [5.74, 6) is 0. The van der Waals surface area contributed by atoms with Gasteiger partial charge in [-0.3, -0.25) is 0 Å². The second kappa shape index (κ2) is 12.3. The summed E-state index contributed by atoms with van der Waals surface area (Å²) >= 11 is 3.45. The Labute approximate surface area is 130 Å². The predicted octanol–water partition coefficient (Wildman–Crippen LogP) is 3.84. The van der Waals surface area contributed by atoms with Gasteiger partial charge in [0.15, 0.2) is 0 Å². The van der Waals surface area contributed by atoms with E-state index in [-0.39, 0.29) is 0 Å². The minimum absolute atomic E-state index is 0.646. The Morgan fingerprint density at radius 1 is 0.800 bits per heavy atom. The van der Waals surface area contributed by atoms with Gasteiger partial charge in [0.25, 0.3) is 0 Å². The Morgan fingerprint density at radius 3 is 2.15 bits per heavy atom. The summed E-state index contributed by atoms with van der Waals surface area (Å²) in [6.45, 7) is 3.45. The first-order chi connectivity index (χ1) is 9.83. The summed E-state index contributed by atoms with van der Waals surface area (Å²) in [4.78, 5) is 0. The van der Waals surface area contributed by atoms with Gasteiger partial charge in [0.1, 0.15) is 0 Å². The van der Waals surface area contributed by atoms with Crippen LogP contribution in [-0.4, -0.2) is 40.1 Å². The van der Waals surface area contributed by atoms with Gasteiger partial charge in [-0.05, 0) is 37.0 Å². The van der Waals surface area contributed by atoms with E-state index in [2.05, 4.69) is 40.2 Å². The molecule has 1 aromatic carbocycles. The second-order valence-corrected chi connectivity index (χ2v) is 5.57. The summed E-state index contributed by atoms with van der Waals surface area (Å²) in [6.07, 6.45) is 4.69. The van der Waals surface area contributed by atoms with Gasteiger partial charge in [-0.2, -0.15) is 0 Å². The molecule has 0 aromatic heterocycles. The van der Waals surface area contributed by atoms with E-state index < -0.39 is 0 Å². The summed E-state index contributed by atoms with van der Waals surface area (Å²) in [6, 6.07) is 8.56. The van der Waals surface area contributed by atoms with Gasteiger partial charge < -0.3 is 14.2 Å². The lowest BCUT2D eigenvalue weighted by atomic mass is 10.1. The van der Waals surface area contributed by atoms with Crippen LogP contribution in [0.3, 0.4) is 0 Å². The van der Waals surface area contributed by atoms with Gasteiger partial charge in [-0.1, -0.05) is 34.5 Å². The number of benzene rings is 1. The largest absolute Gasteiger partial charge is 0.382 e. The van der Waals surface area contributed by atoms with Crippen molar-refractivity contribution in [2.45, 2.75) is 25.7 Å². The lowest BCUT2D eigenvalue weighted by Crippen LogP contribution is -2.08. The highest BCUT2D eigenvalue weighted by Gasteiger charge is 1.95. The average molecular weight is 345 g/mol. The first kappa shape index (κ1) is 17.6. The third-order valence-electron chi connectivity index (χ3n) is 2.97. The molecule has 0 radical (unpaired) electrons. The molecule has 1 aromatic rings. The van der Waals surface area contributed by atoms with Crippen LogP contribution in [0.5, 0.6) is 0 Å². The van der Waals surface area contributed by atoms with E-state index in [1.165, 1.54) is 18.4 Å². The van der Waals surface area contributed by atoms with Gasteiger partial charge in [-0.25, -0.2) is 0 Å². The van der Waals surface area contributed by atoms with Crippen LogP contribution < -0.4 is 0 Å². The van der Waals surface area contributed by atoms with Crippen LogP contribution in [0, 0.1) is 0 Å². The normalized spacial score (nSPS) is 10.9. The average Bonchev–Trinajstić information content (AvgIpc) is 2.47. The maximum Gasteiger partial charge on any atom is 0.0701 e. The maximum absolute atomic E-state index is 5.51. The number of ether oxygens (including phenoxy) is 3. The third-order valence-corrected chi connectivity index (χ3v) is 3.50. The van der Waals surface area contributed by atoms with Crippen molar-refractivity contribution in [3.05, 3.63) is 34.3 Å². The molecule has 0 unspecified atom stereocenters. The first-order valence-corrected chi connectivity index (χ1v) is 8.01. The van der Waals surface area contributed by atoms with Crippen molar-refractivity contribution in [2.75, 3.05) is 40.1 Å². The molecule has 0 heterocycles. The quantitative estimate of drug-likeness (QED) is 0.539. The third kappa shape index (κ3) is 9.48. The van der Waals surface area contributed by atoms with E-state index in [1.807, 2.05) is 0 Å². The maximum atomic E-state index is 5.51. The number of methoxy groups -OCH3 is 1. The fourth-order valence-corrected chi connectivity index (χ4v) is 2.09. The molecule has 0 amide bonds. The Bertz CT molecular complexity index is 327. The van der Waals surface area contributed by atoms with E-state index in [1.54, 1.807) is 7.11 Å². The summed E-state index contributed by atoms with van der Waals surface area (Å²) in [5.41, 5.74) is 1.40. The fraction of sp³-hybridized carbons (Fsp3) is 0.625. The molecule has 0 aliphatic heterocycles. The predicted molar refractivity (Wildman–Crippen MR) is 85.2 cm³/mol. The molecule has 0 atom stereocenters. The van der Waals surface area contributed by atoms with Gasteiger partial charge in [0.2, 0.25) is 0 Å². The van der Waals surface area contributed by atoms with Crippen molar-refractivity contribution in [1.82, 2.24) is 0 Å². The molecule has 0 aliphatic rings. The molecular weight excluding hydrogens is 320 g/mol. The van der Waals surface area contributed by atoms with Crippen molar-refractivity contribution in [3.63, 3.8) is 0 Å². The van der Waals surface area contributed by atoms with Crippen molar-refractivity contribution in [3.8, 4) is 0 Å². The van der Waals surface area contributed by atoms with Gasteiger partial charge in [0, 0.05) is 18.2 Å². The SMILES string of the molecule is COCCOCCOCCCCCc1ccc(Br)cc1.